The van der Waals surface area contributed by atoms with E-state index in [-0.39, 0.29) is 44.4 Å². The number of aliphatic hydroxyl groups is 1. The van der Waals surface area contributed by atoms with Crippen LogP contribution >= 0.6 is 0 Å². The molecule has 0 bridgehead atoms. The van der Waals surface area contributed by atoms with Gasteiger partial charge in [0.2, 0.25) is 11.8 Å². The van der Waals surface area contributed by atoms with Crippen LogP contribution in [0.3, 0.4) is 0 Å². The molecule has 208 valence electrons. The molecule has 39 heavy (non-hydrogen) atoms. The van der Waals surface area contributed by atoms with E-state index in [0.717, 1.165) is 23.6 Å². The Labute approximate surface area is 228 Å². The van der Waals surface area contributed by atoms with Crippen molar-refractivity contribution in [2.24, 2.45) is 5.92 Å². The smallest absolute Gasteiger partial charge is 0.306 e. The van der Waals surface area contributed by atoms with Gasteiger partial charge in [-0.1, -0.05) is 42.5 Å². The molecule has 0 aromatic heterocycles. The van der Waals surface area contributed by atoms with Gasteiger partial charge in [-0.2, -0.15) is 0 Å². The number of rotatable bonds is 14. The number of anilines is 1. The Morgan fingerprint density at radius 1 is 1.08 bits per heavy atom. The van der Waals surface area contributed by atoms with E-state index in [0.29, 0.717) is 18.7 Å². The van der Waals surface area contributed by atoms with Crippen LogP contribution in [-0.2, 0) is 23.9 Å². The van der Waals surface area contributed by atoms with E-state index in [1.54, 1.807) is 23.1 Å². The number of likely N-dealkylation sites (tertiary alicyclic amines) is 1. The van der Waals surface area contributed by atoms with Crippen LogP contribution in [0.4, 0.5) is 5.69 Å². The fourth-order valence-corrected chi connectivity index (χ4v) is 4.60. The highest BCUT2D eigenvalue weighted by Gasteiger charge is 2.32. The SMILES string of the molecule is C=CCCC(=O)OC[C@H](NC(=O)[C@@H](CC=C)CC(=O)N1CCC[C@H]1CO)C(=O)Nc1ccc2ccccc2c1. The molecule has 0 spiro atoms. The maximum Gasteiger partial charge on any atom is 0.306 e. The monoisotopic (exact) mass is 535 g/mol. The first-order valence-corrected chi connectivity index (χ1v) is 13.2. The Hall–Kier alpha value is -3.98. The van der Waals surface area contributed by atoms with E-state index < -0.39 is 29.7 Å². The van der Waals surface area contributed by atoms with Gasteiger partial charge in [0, 0.05) is 25.1 Å². The first kappa shape index (κ1) is 29.6. The molecule has 3 amide bonds. The number of ether oxygens (including phenoxy) is 1. The van der Waals surface area contributed by atoms with Crippen molar-refractivity contribution < 1.29 is 29.0 Å². The minimum atomic E-state index is -1.18. The lowest BCUT2D eigenvalue weighted by Gasteiger charge is -2.26. The van der Waals surface area contributed by atoms with Crippen molar-refractivity contribution in [3.05, 3.63) is 67.8 Å². The molecule has 0 aliphatic carbocycles. The van der Waals surface area contributed by atoms with E-state index in [1.165, 1.54) is 0 Å². The molecule has 1 aliphatic rings. The predicted octanol–water partition coefficient (Wildman–Crippen LogP) is 3.34. The number of nitrogens with one attached hydrogen (secondary N) is 2. The number of carbonyl (C=O) groups is 4. The van der Waals surface area contributed by atoms with E-state index in [1.807, 2.05) is 36.4 Å². The number of fused-ring (bicyclic) bond motifs is 1. The molecule has 1 fully saturated rings. The standard InChI is InChI=1S/C30H37N3O6/c1-3-5-13-28(36)39-20-26(30(38)31-24-15-14-21-10-6-7-11-22(21)17-24)32-29(37)23(9-4-2)18-27(35)33-16-8-12-25(33)19-34/h3-4,6-7,10-11,14-15,17,23,25-26,34H,1-2,5,8-9,12-13,16,18-20H2,(H,31,38)(H,32,37)/t23-,25-,26-/m0/s1. The summed E-state index contributed by atoms with van der Waals surface area (Å²) in [6.07, 6.45) is 5.30. The molecule has 9 nitrogen and oxygen atoms in total. The lowest BCUT2D eigenvalue weighted by atomic mass is 9.98. The number of nitrogens with zero attached hydrogens (tertiary/aromatic N) is 1. The fourth-order valence-electron chi connectivity index (χ4n) is 4.60. The van der Waals surface area contributed by atoms with Crippen LogP contribution in [-0.4, -0.2) is 65.5 Å². The first-order chi connectivity index (χ1) is 18.9. The molecular formula is C30H37N3O6. The normalized spacial score (nSPS) is 16.2. The maximum absolute atomic E-state index is 13.3. The summed E-state index contributed by atoms with van der Waals surface area (Å²) in [6.45, 7) is 7.32. The lowest BCUT2D eigenvalue weighted by molar-refractivity contribution is -0.146. The minimum Gasteiger partial charge on any atom is -0.463 e. The van der Waals surface area contributed by atoms with Gasteiger partial charge in [0.05, 0.1) is 18.6 Å². The summed E-state index contributed by atoms with van der Waals surface area (Å²) < 4.78 is 5.28. The summed E-state index contributed by atoms with van der Waals surface area (Å²) in [5.74, 6) is -2.61. The van der Waals surface area contributed by atoms with Gasteiger partial charge < -0.3 is 25.4 Å². The summed E-state index contributed by atoms with van der Waals surface area (Å²) in [5.41, 5.74) is 0.526. The summed E-state index contributed by atoms with van der Waals surface area (Å²) in [5, 5.41) is 17.0. The number of esters is 1. The molecule has 0 saturated carbocycles. The zero-order valence-electron chi connectivity index (χ0n) is 22.1. The zero-order valence-corrected chi connectivity index (χ0v) is 22.1. The predicted molar refractivity (Wildman–Crippen MR) is 150 cm³/mol. The topological polar surface area (TPSA) is 125 Å². The van der Waals surface area contributed by atoms with Gasteiger partial charge in [0.25, 0.3) is 5.91 Å². The fraction of sp³-hybridized carbons (Fsp3) is 0.400. The highest BCUT2D eigenvalue weighted by molar-refractivity contribution is 5.99. The summed E-state index contributed by atoms with van der Waals surface area (Å²) in [6, 6.07) is 11.7. The van der Waals surface area contributed by atoms with Crippen LogP contribution in [0.2, 0.25) is 0 Å². The second-order valence-corrected chi connectivity index (χ2v) is 9.61. The minimum absolute atomic E-state index is 0.0908. The molecule has 1 aliphatic heterocycles. The van der Waals surface area contributed by atoms with Gasteiger partial charge in [-0.3, -0.25) is 19.2 Å². The quantitative estimate of drug-likeness (QED) is 0.252. The van der Waals surface area contributed by atoms with Crippen molar-refractivity contribution in [3.63, 3.8) is 0 Å². The largest absolute Gasteiger partial charge is 0.463 e. The highest BCUT2D eigenvalue weighted by Crippen LogP contribution is 2.22. The lowest BCUT2D eigenvalue weighted by Crippen LogP contribution is -2.49. The van der Waals surface area contributed by atoms with Crippen molar-refractivity contribution in [3.8, 4) is 0 Å². The van der Waals surface area contributed by atoms with Crippen molar-refractivity contribution in [1.82, 2.24) is 10.2 Å². The molecule has 1 saturated heterocycles. The van der Waals surface area contributed by atoms with E-state index in [4.69, 9.17) is 4.74 Å². The van der Waals surface area contributed by atoms with Gasteiger partial charge in [0.1, 0.15) is 12.6 Å². The van der Waals surface area contributed by atoms with Crippen LogP contribution in [0.1, 0.15) is 38.5 Å². The Morgan fingerprint density at radius 2 is 1.85 bits per heavy atom. The summed E-state index contributed by atoms with van der Waals surface area (Å²) in [4.78, 5) is 53.2. The summed E-state index contributed by atoms with van der Waals surface area (Å²) >= 11 is 0. The summed E-state index contributed by atoms with van der Waals surface area (Å²) in [7, 11) is 0. The zero-order chi connectivity index (χ0) is 28.2. The van der Waals surface area contributed by atoms with Crippen LogP contribution < -0.4 is 10.6 Å². The average Bonchev–Trinajstić information content (AvgIpc) is 3.43. The maximum atomic E-state index is 13.3. The number of benzene rings is 2. The van der Waals surface area contributed by atoms with E-state index in [9.17, 15) is 24.3 Å². The Bertz CT molecular complexity index is 1200. The molecule has 2 aromatic rings. The third-order valence-electron chi connectivity index (χ3n) is 6.76. The van der Waals surface area contributed by atoms with Crippen molar-refractivity contribution in [2.45, 2.75) is 50.6 Å². The van der Waals surface area contributed by atoms with Crippen molar-refractivity contribution >= 4 is 40.2 Å². The van der Waals surface area contributed by atoms with Gasteiger partial charge in [-0.25, -0.2) is 0 Å². The highest BCUT2D eigenvalue weighted by atomic mass is 16.5. The van der Waals surface area contributed by atoms with Crippen molar-refractivity contribution in [2.75, 3.05) is 25.1 Å². The second kappa shape index (κ2) is 14.8. The molecule has 0 unspecified atom stereocenters. The number of hydrogen-bond donors (Lipinski definition) is 3. The molecule has 0 radical (unpaired) electrons. The van der Waals surface area contributed by atoms with Gasteiger partial charge in [-0.15, -0.1) is 13.2 Å². The number of amides is 3. The third-order valence-corrected chi connectivity index (χ3v) is 6.76. The van der Waals surface area contributed by atoms with Crippen LogP contribution in [0.25, 0.3) is 10.8 Å². The number of allylic oxidation sites excluding steroid dienone is 2. The molecular weight excluding hydrogens is 498 g/mol. The molecule has 3 N–H and O–H groups in total. The number of hydrogen-bond acceptors (Lipinski definition) is 6. The van der Waals surface area contributed by atoms with Gasteiger partial charge in [-0.05, 0) is 48.6 Å². The van der Waals surface area contributed by atoms with Crippen LogP contribution in [0.15, 0.2) is 67.8 Å². The third kappa shape index (κ3) is 8.51. The average molecular weight is 536 g/mol. The number of carbonyl (C=O) groups excluding carboxylic acids is 4. The van der Waals surface area contributed by atoms with Gasteiger partial charge in [0.15, 0.2) is 0 Å². The Kier molecular flexibility index (Phi) is 11.2. The van der Waals surface area contributed by atoms with Crippen LogP contribution in [0.5, 0.6) is 0 Å². The van der Waals surface area contributed by atoms with Crippen LogP contribution in [0, 0.1) is 5.92 Å². The Morgan fingerprint density at radius 3 is 2.56 bits per heavy atom. The molecule has 1 heterocycles. The Balaban J connectivity index is 1.72. The van der Waals surface area contributed by atoms with Crippen molar-refractivity contribution in [1.29, 1.82) is 0 Å². The molecule has 3 atom stereocenters. The molecule has 2 aromatic carbocycles. The first-order valence-electron chi connectivity index (χ1n) is 13.2. The molecule has 3 rings (SSSR count). The second-order valence-electron chi connectivity index (χ2n) is 9.61. The van der Waals surface area contributed by atoms with E-state index >= 15 is 0 Å². The van der Waals surface area contributed by atoms with E-state index in [2.05, 4.69) is 23.8 Å². The molecule has 9 heteroatoms. The van der Waals surface area contributed by atoms with Gasteiger partial charge >= 0.3 is 5.97 Å². The number of aliphatic hydroxyl groups excluding tert-OH is 1.